The zero-order valence-corrected chi connectivity index (χ0v) is 12.1. The van der Waals surface area contributed by atoms with Crippen molar-refractivity contribution < 1.29 is 0 Å². The average Bonchev–Trinajstić information content (AvgIpc) is 2.48. The number of fused-ring (bicyclic) bond motifs is 1. The molecule has 0 saturated heterocycles. The highest BCUT2D eigenvalue weighted by molar-refractivity contribution is 6.30. The third-order valence-corrected chi connectivity index (χ3v) is 3.93. The molecular formula is C18H16ClN. The second-order valence-electron chi connectivity index (χ2n) is 4.98. The van der Waals surface area contributed by atoms with Crippen LogP contribution in [-0.2, 0) is 6.54 Å². The molecule has 2 heteroatoms. The van der Waals surface area contributed by atoms with Gasteiger partial charge in [0.1, 0.15) is 0 Å². The van der Waals surface area contributed by atoms with Gasteiger partial charge in [0.2, 0.25) is 0 Å². The number of rotatable bonds is 2. The van der Waals surface area contributed by atoms with Crippen molar-refractivity contribution in [1.29, 1.82) is 0 Å². The predicted octanol–water partition coefficient (Wildman–Crippen LogP) is 4.93. The molecule has 3 aromatic carbocycles. The number of benzene rings is 3. The van der Waals surface area contributed by atoms with E-state index < -0.39 is 0 Å². The molecule has 3 rings (SSSR count). The number of aryl methyl sites for hydroxylation is 1. The fourth-order valence-corrected chi connectivity index (χ4v) is 2.91. The lowest BCUT2D eigenvalue weighted by Gasteiger charge is -2.14. The summed E-state index contributed by atoms with van der Waals surface area (Å²) in [6.45, 7) is 2.62. The van der Waals surface area contributed by atoms with E-state index >= 15 is 0 Å². The van der Waals surface area contributed by atoms with Gasteiger partial charge in [-0.1, -0.05) is 54.1 Å². The molecule has 0 aliphatic carbocycles. The zero-order chi connectivity index (χ0) is 14.1. The average molecular weight is 282 g/mol. The van der Waals surface area contributed by atoms with Crippen molar-refractivity contribution in [2.24, 2.45) is 5.73 Å². The molecular weight excluding hydrogens is 266 g/mol. The van der Waals surface area contributed by atoms with Crippen LogP contribution in [0.5, 0.6) is 0 Å². The molecule has 0 heterocycles. The topological polar surface area (TPSA) is 26.0 Å². The van der Waals surface area contributed by atoms with Gasteiger partial charge in [-0.25, -0.2) is 0 Å². The number of hydrogen-bond donors (Lipinski definition) is 1. The second-order valence-corrected chi connectivity index (χ2v) is 5.42. The lowest BCUT2D eigenvalue weighted by Crippen LogP contribution is -2.00. The maximum atomic E-state index is 6.09. The predicted molar refractivity (Wildman–Crippen MR) is 87.0 cm³/mol. The molecule has 100 valence electrons. The minimum atomic E-state index is 0.485. The van der Waals surface area contributed by atoms with Crippen LogP contribution in [0.25, 0.3) is 21.9 Å². The highest BCUT2D eigenvalue weighted by atomic mass is 35.5. The van der Waals surface area contributed by atoms with E-state index in [1.54, 1.807) is 0 Å². The summed E-state index contributed by atoms with van der Waals surface area (Å²) in [5.74, 6) is 0. The fourth-order valence-electron chi connectivity index (χ4n) is 2.71. The van der Waals surface area contributed by atoms with E-state index in [4.69, 9.17) is 17.3 Å². The van der Waals surface area contributed by atoms with E-state index in [0.717, 1.165) is 10.6 Å². The molecule has 0 amide bonds. The third-order valence-electron chi connectivity index (χ3n) is 3.69. The van der Waals surface area contributed by atoms with Gasteiger partial charge in [-0.15, -0.1) is 0 Å². The van der Waals surface area contributed by atoms with Gasteiger partial charge in [-0.3, -0.25) is 0 Å². The van der Waals surface area contributed by atoms with Gasteiger partial charge in [0.25, 0.3) is 0 Å². The van der Waals surface area contributed by atoms with Crippen molar-refractivity contribution in [2.75, 3.05) is 0 Å². The van der Waals surface area contributed by atoms with Crippen molar-refractivity contribution in [3.05, 3.63) is 70.7 Å². The van der Waals surface area contributed by atoms with Crippen LogP contribution in [0.1, 0.15) is 11.1 Å². The molecule has 2 N–H and O–H groups in total. The Morgan fingerprint density at radius 1 is 1.00 bits per heavy atom. The Morgan fingerprint density at radius 3 is 2.60 bits per heavy atom. The van der Waals surface area contributed by atoms with Gasteiger partial charge in [-0.05, 0) is 52.1 Å². The van der Waals surface area contributed by atoms with Crippen LogP contribution in [0.15, 0.2) is 54.6 Å². The Morgan fingerprint density at radius 2 is 1.80 bits per heavy atom. The van der Waals surface area contributed by atoms with Crippen molar-refractivity contribution in [1.82, 2.24) is 0 Å². The first-order valence-corrected chi connectivity index (χ1v) is 7.05. The van der Waals surface area contributed by atoms with Crippen LogP contribution in [0.2, 0.25) is 5.02 Å². The van der Waals surface area contributed by atoms with E-state index in [9.17, 15) is 0 Å². The van der Waals surface area contributed by atoms with Gasteiger partial charge in [0, 0.05) is 11.6 Å². The molecule has 1 nitrogen and oxygen atoms in total. The van der Waals surface area contributed by atoms with Crippen LogP contribution in [-0.4, -0.2) is 0 Å². The van der Waals surface area contributed by atoms with Crippen LogP contribution in [0.4, 0.5) is 0 Å². The quantitative estimate of drug-likeness (QED) is 0.708. The summed E-state index contributed by atoms with van der Waals surface area (Å²) < 4.78 is 0. The van der Waals surface area contributed by atoms with Crippen LogP contribution in [0.3, 0.4) is 0 Å². The lowest BCUT2D eigenvalue weighted by molar-refractivity contribution is 1.07. The summed E-state index contributed by atoms with van der Waals surface area (Å²) >= 11 is 6.09. The monoisotopic (exact) mass is 281 g/mol. The molecule has 0 bridgehead atoms. The molecule has 0 spiro atoms. The maximum Gasteiger partial charge on any atom is 0.0409 e. The molecule has 0 radical (unpaired) electrons. The van der Waals surface area contributed by atoms with Gasteiger partial charge >= 0.3 is 0 Å². The Hall–Kier alpha value is -1.83. The van der Waals surface area contributed by atoms with E-state index in [2.05, 4.69) is 49.4 Å². The molecule has 0 fully saturated rings. The molecule has 0 aromatic heterocycles. The van der Waals surface area contributed by atoms with Crippen molar-refractivity contribution in [2.45, 2.75) is 13.5 Å². The summed E-state index contributed by atoms with van der Waals surface area (Å²) in [5, 5.41) is 3.22. The fraction of sp³-hybridized carbons (Fsp3) is 0.111. The Labute approximate surface area is 124 Å². The van der Waals surface area contributed by atoms with E-state index in [-0.39, 0.29) is 0 Å². The highest BCUT2D eigenvalue weighted by Gasteiger charge is 2.11. The van der Waals surface area contributed by atoms with Gasteiger partial charge in [-0.2, -0.15) is 0 Å². The van der Waals surface area contributed by atoms with E-state index in [1.807, 2.05) is 12.1 Å². The van der Waals surface area contributed by atoms with Crippen LogP contribution in [0, 0.1) is 6.92 Å². The molecule has 20 heavy (non-hydrogen) atoms. The first kappa shape index (κ1) is 13.2. The minimum absolute atomic E-state index is 0.485. The smallest absolute Gasteiger partial charge is 0.0409 e. The molecule has 0 unspecified atom stereocenters. The minimum Gasteiger partial charge on any atom is -0.326 e. The molecule has 3 aromatic rings. The number of hydrogen-bond acceptors (Lipinski definition) is 1. The molecule has 0 aliphatic heterocycles. The molecule has 0 aliphatic rings. The summed E-state index contributed by atoms with van der Waals surface area (Å²) in [5.41, 5.74) is 10.6. The first-order valence-electron chi connectivity index (χ1n) is 6.68. The number of halogens is 1. The maximum absolute atomic E-state index is 6.09. The van der Waals surface area contributed by atoms with Crippen molar-refractivity contribution in [3.63, 3.8) is 0 Å². The van der Waals surface area contributed by atoms with Gasteiger partial charge in [0.05, 0.1) is 0 Å². The van der Waals surface area contributed by atoms with E-state index in [1.165, 1.54) is 27.5 Å². The Bertz CT molecular complexity index is 777. The summed E-state index contributed by atoms with van der Waals surface area (Å²) in [6.07, 6.45) is 0. The highest BCUT2D eigenvalue weighted by Crippen LogP contribution is 2.34. The van der Waals surface area contributed by atoms with Crippen molar-refractivity contribution >= 4 is 22.4 Å². The van der Waals surface area contributed by atoms with Crippen molar-refractivity contribution in [3.8, 4) is 11.1 Å². The van der Waals surface area contributed by atoms with Gasteiger partial charge < -0.3 is 5.73 Å². The van der Waals surface area contributed by atoms with E-state index in [0.29, 0.717) is 6.54 Å². The lowest BCUT2D eigenvalue weighted by atomic mass is 9.91. The third kappa shape index (κ3) is 2.20. The SMILES string of the molecule is Cc1ccc2ccccc2c1-c1ccc(Cl)cc1CN. The molecule has 0 atom stereocenters. The summed E-state index contributed by atoms with van der Waals surface area (Å²) in [6, 6.07) is 18.7. The Kier molecular flexibility index (Phi) is 3.47. The standard InChI is InChI=1S/C18H16ClN/c1-12-6-7-13-4-2-3-5-16(13)18(12)17-9-8-15(19)10-14(17)11-20/h2-10H,11,20H2,1H3. The number of nitrogens with two attached hydrogens (primary N) is 1. The zero-order valence-electron chi connectivity index (χ0n) is 11.4. The largest absolute Gasteiger partial charge is 0.326 e. The van der Waals surface area contributed by atoms with Crippen LogP contribution >= 0.6 is 11.6 Å². The molecule has 0 saturated carbocycles. The Balaban J connectivity index is 2.37. The first-order chi connectivity index (χ1) is 9.70. The second kappa shape index (κ2) is 5.28. The van der Waals surface area contributed by atoms with Crippen LogP contribution < -0.4 is 5.73 Å². The van der Waals surface area contributed by atoms with Gasteiger partial charge in [0.15, 0.2) is 0 Å². The normalized spacial score (nSPS) is 10.9. The summed E-state index contributed by atoms with van der Waals surface area (Å²) in [7, 11) is 0. The summed E-state index contributed by atoms with van der Waals surface area (Å²) in [4.78, 5) is 0.